The van der Waals surface area contributed by atoms with Crippen LogP contribution in [0.5, 0.6) is 0 Å². The molecule has 26 heavy (non-hydrogen) atoms. The maximum atomic E-state index is 13.2. The normalized spacial score (nSPS) is 21.7. The largest absolute Gasteiger partial charge is 0.383 e. The lowest BCUT2D eigenvalue weighted by Gasteiger charge is -2.41. The molecule has 1 N–H and O–H groups in total. The van der Waals surface area contributed by atoms with Crippen molar-refractivity contribution in [2.45, 2.75) is 50.3 Å². The van der Waals surface area contributed by atoms with Crippen molar-refractivity contribution >= 4 is 11.8 Å². The summed E-state index contributed by atoms with van der Waals surface area (Å²) in [6, 6.07) is 9.09. The van der Waals surface area contributed by atoms with Crippen LogP contribution in [0.1, 0.15) is 37.7 Å². The Bertz CT molecular complexity index is 613. The van der Waals surface area contributed by atoms with Crippen LogP contribution in [0.4, 0.5) is 0 Å². The fourth-order valence-corrected chi connectivity index (χ4v) is 4.00. The molecule has 0 aromatic heterocycles. The van der Waals surface area contributed by atoms with Crippen LogP contribution in [-0.4, -0.2) is 55.3 Å². The maximum absolute atomic E-state index is 13.2. The minimum absolute atomic E-state index is 0.0394. The molecule has 1 unspecified atom stereocenters. The molecule has 2 fully saturated rings. The van der Waals surface area contributed by atoms with Gasteiger partial charge in [-0.1, -0.05) is 36.8 Å². The summed E-state index contributed by atoms with van der Waals surface area (Å²) in [5.74, 6) is -0.201. The molecule has 2 aliphatic rings. The minimum atomic E-state index is -0.618. The molecule has 6 nitrogen and oxygen atoms in total. The van der Waals surface area contributed by atoms with Crippen LogP contribution in [0.25, 0.3) is 0 Å². The van der Waals surface area contributed by atoms with E-state index < -0.39 is 11.8 Å². The zero-order valence-corrected chi connectivity index (χ0v) is 15.4. The maximum Gasteiger partial charge on any atom is 0.245 e. The number of hydrogen-bond acceptors (Lipinski definition) is 4. The Labute approximate surface area is 154 Å². The van der Waals surface area contributed by atoms with Crippen LogP contribution in [-0.2, 0) is 25.5 Å². The van der Waals surface area contributed by atoms with E-state index >= 15 is 0 Å². The van der Waals surface area contributed by atoms with Crippen LogP contribution in [0, 0.1) is 0 Å². The van der Waals surface area contributed by atoms with Gasteiger partial charge in [0.05, 0.1) is 19.6 Å². The monoisotopic (exact) mass is 360 g/mol. The van der Waals surface area contributed by atoms with Crippen LogP contribution in [0.15, 0.2) is 30.3 Å². The van der Waals surface area contributed by atoms with E-state index in [4.69, 9.17) is 9.47 Å². The van der Waals surface area contributed by atoms with E-state index in [1.165, 1.54) is 0 Å². The van der Waals surface area contributed by atoms with E-state index in [0.717, 1.165) is 37.7 Å². The Morgan fingerprint density at radius 3 is 2.65 bits per heavy atom. The van der Waals surface area contributed by atoms with E-state index in [9.17, 15) is 9.59 Å². The molecule has 1 aromatic carbocycles. The average molecular weight is 360 g/mol. The molecule has 2 amide bonds. The highest BCUT2D eigenvalue weighted by Crippen LogP contribution is 2.40. The molecule has 1 heterocycles. The van der Waals surface area contributed by atoms with Crippen molar-refractivity contribution in [2.24, 2.45) is 0 Å². The summed E-state index contributed by atoms with van der Waals surface area (Å²) in [5, 5.41) is 2.86. The third-order valence-corrected chi connectivity index (χ3v) is 5.27. The molecule has 142 valence electrons. The third kappa shape index (κ3) is 4.07. The number of methoxy groups -OCH3 is 1. The van der Waals surface area contributed by atoms with Gasteiger partial charge in [0.15, 0.2) is 0 Å². The van der Waals surface area contributed by atoms with Gasteiger partial charge >= 0.3 is 0 Å². The first kappa shape index (κ1) is 18.9. The Kier molecular flexibility index (Phi) is 6.27. The summed E-state index contributed by atoms with van der Waals surface area (Å²) in [7, 11) is 1.59. The van der Waals surface area contributed by atoms with Gasteiger partial charge in [-0.05, 0) is 31.2 Å². The summed E-state index contributed by atoms with van der Waals surface area (Å²) in [6.07, 6.45) is 5.08. The van der Waals surface area contributed by atoms with Crippen molar-refractivity contribution in [1.82, 2.24) is 10.2 Å². The Morgan fingerprint density at radius 1 is 1.23 bits per heavy atom. The van der Waals surface area contributed by atoms with Gasteiger partial charge in [0.2, 0.25) is 11.8 Å². The highest BCUT2D eigenvalue weighted by Gasteiger charge is 2.52. The van der Waals surface area contributed by atoms with Crippen LogP contribution >= 0.6 is 0 Å². The Balaban J connectivity index is 1.77. The molecule has 0 bridgehead atoms. The second-order valence-corrected chi connectivity index (χ2v) is 7.04. The van der Waals surface area contributed by atoms with Gasteiger partial charge in [-0.2, -0.15) is 0 Å². The van der Waals surface area contributed by atoms with E-state index in [2.05, 4.69) is 5.32 Å². The highest BCUT2D eigenvalue weighted by atomic mass is 16.5. The van der Waals surface area contributed by atoms with Gasteiger partial charge in [0.1, 0.15) is 11.8 Å². The molecular weight excluding hydrogens is 332 g/mol. The lowest BCUT2D eigenvalue weighted by molar-refractivity contribution is -0.159. The highest BCUT2D eigenvalue weighted by molar-refractivity contribution is 5.89. The van der Waals surface area contributed by atoms with Crippen molar-refractivity contribution < 1.29 is 19.1 Å². The van der Waals surface area contributed by atoms with Crippen molar-refractivity contribution in [3.63, 3.8) is 0 Å². The van der Waals surface area contributed by atoms with Crippen molar-refractivity contribution in [1.29, 1.82) is 0 Å². The van der Waals surface area contributed by atoms with Gasteiger partial charge in [-0.25, -0.2) is 0 Å². The van der Waals surface area contributed by atoms with Crippen molar-refractivity contribution in [3.8, 4) is 0 Å². The molecule has 3 rings (SSSR count). The molecule has 1 aliphatic carbocycles. The number of benzene rings is 1. The average Bonchev–Trinajstić information content (AvgIpc) is 3.02. The number of ether oxygens (including phenoxy) is 2. The topological polar surface area (TPSA) is 67.9 Å². The lowest BCUT2D eigenvalue weighted by atomic mass is 9.89. The van der Waals surface area contributed by atoms with E-state index in [-0.39, 0.29) is 24.8 Å². The predicted molar refractivity (Wildman–Crippen MR) is 97.4 cm³/mol. The van der Waals surface area contributed by atoms with Crippen LogP contribution < -0.4 is 5.32 Å². The fourth-order valence-electron chi connectivity index (χ4n) is 4.00. The summed E-state index contributed by atoms with van der Waals surface area (Å²) in [6.45, 7) is 1.14. The zero-order valence-electron chi connectivity index (χ0n) is 15.4. The molecule has 6 heteroatoms. The van der Waals surface area contributed by atoms with Crippen molar-refractivity contribution in [3.05, 3.63) is 35.9 Å². The molecule has 1 saturated carbocycles. The van der Waals surface area contributed by atoms with Crippen molar-refractivity contribution in [2.75, 3.05) is 26.9 Å². The first-order valence-electron chi connectivity index (χ1n) is 9.43. The number of carbonyl (C=O) groups is 2. The van der Waals surface area contributed by atoms with Crippen LogP contribution in [0.3, 0.4) is 0 Å². The second-order valence-electron chi connectivity index (χ2n) is 7.04. The van der Waals surface area contributed by atoms with Gasteiger partial charge in [-0.15, -0.1) is 0 Å². The number of nitrogens with zero attached hydrogens (tertiary/aromatic N) is 1. The quantitative estimate of drug-likeness (QED) is 0.787. The molecule has 0 radical (unpaired) electrons. The number of carbonyl (C=O) groups excluding carboxylic acids is 2. The standard InChI is InChI=1S/C20H28N2O4/c1-25-13-12-21-19(24)17-15-26-20(10-6-3-7-11-20)22(17)18(23)14-16-8-4-2-5-9-16/h2,4-5,8-9,17H,3,6-7,10-15H2,1H3,(H,21,24). The SMILES string of the molecule is COCCNC(=O)C1COC2(CCCCC2)N1C(=O)Cc1ccccc1. The molecule has 1 atom stereocenters. The number of rotatable bonds is 6. The Morgan fingerprint density at radius 2 is 1.96 bits per heavy atom. The first-order chi connectivity index (χ1) is 12.7. The molecule has 1 saturated heterocycles. The van der Waals surface area contributed by atoms with Gasteiger partial charge in [0.25, 0.3) is 0 Å². The van der Waals surface area contributed by atoms with Gasteiger partial charge in [0, 0.05) is 13.7 Å². The summed E-state index contributed by atoms with van der Waals surface area (Å²) in [4.78, 5) is 27.6. The first-order valence-corrected chi connectivity index (χ1v) is 9.43. The van der Waals surface area contributed by atoms with Gasteiger partial charge < -0.3 is 14.8 Å². The summed E-state index contributed by atoms with van der Waals surface area (Å²) >= 11 is 0. The Hall–Kier alpha value is -1.92. The summed E-state index contributed by atoms with van der Waals surface area (Å²) < 4.78 is 11.1. The molecule has 1 spiro atoms. The summed E-state index contributed by atoms with van der Waals surface area (Å²) in [5.41, 5.74) is 0.335. The number of nitrogens with one attached hydrogen (secondary N) is 1. The minimum Gasteiger partial charge on any atom is -0.383 e. The van der Waals surface area contributed by atoms with Crippen LogP contribution in [0.2, 0.25) is 0 Å². The number of hydrogen-bond donors (Lipinski definition) is 1. The van der Waals surface area contributed by atoms with Gasteiger partial charge in [-0.3, -0.25) is 14.5 Å². The predicted octanol–water partition coefficient (Wildman–Crippen LogP) is 1.88. The number of amides is 2. The molecule has 1 aliphatic heterocycles. The molecule has 1 aromatic rings. The fraction of sp³-hybridized carbons (Fsp3) is 0.600. The van der Waals surface area contributed by atoms with E-state index in [0.29, 0.717) is 13.2 Å². The van der Waals surface area contributed by atoms with E-state index in [1.54, 1.807) is 12.0 Å². The third-order valence-electron chi connectivity index (χ3n) is 5.27. The lowest BCUT2D eigenvalue weighted by Crippen LogP contribution is -2.57. The smallest absolute Gasteiger partial charge is 0.245 e. The van der Waals surface area contributed by atoms with E-state index in [1.807, 2.05) is 30.3 Å². The molecular formula is C20H28N2O4. The zero-order chi connectivity index (χ0) is 18.4. The second kappa shape index (κ2) is 8.64.